The Labute approximate surface area is 222 Å². The molecule has 0 aliphatic rings. The van der Waals surface area contributed by atoms with Crippen molar-refractivity contribution >= 4 is 22.5 Å². The fourth-order valence-corrected chi connectivity index (χ4v) is 4.16. The van der Waals surface area contributed by atoms with E-state index in [-0.39, 0.29) is 5.82 Å². The first-order valence-corrected chi connectivity index (χ1v) is 12.8. The zero-order chi connectivity index (χ0) is 26.6. The van der Waals surface area contributed by atoms with Gasteiger partial charge in [0.1, 0.15) is 17.7 Å². The molecule has 0 aliphatic carbocycles. The summed E-state index contributed by atoms with van der Waals surface area (Å²) in [4.78, 5) is 0. The van der Waals surface area contributed by atoms with Gasteiger partial charge in [0.2, 0.25) is 0 Å². The van der Waals surface area contributed by atoms with Gasteiger partial charge in [-0.25, -0.2) is 4.39 Å². The van der Waals surface area contributed by atoms with Crippen LogP contribution in [0.1, 0.15) is 12.8 Å². The number of benzene rings is 4. The van der Waals surface area contributed by atoms with Crippen LogP contribution >= 0.6 is 0 Å². The van der Waals surface area contributed by atoms with Gasteiger partial charge >= 0.3 is 0 Å². The fourth-order valence-electron chi connectivity index (χ4n) is 4.16. The second-order valence-electron chi connectivity index (χ2n) is 10.5. The van der Waals surface area contributed by atoms with E-state index in [1.165, 1.54) is 28.5 Å². The summed E-state index contributed by atoms with van der Waals surface area (Å²) in [6, 6.07) is 37.8. The van der Waals surface area contributed by atoms with Crippen molar-refractivity contribution in [2.24, 2.45) is 0 Å². The van der Waals surface area contributed by atoms with Crippen LogP contribution in [0.5, 0.6) is 5.75 Å². The Kier molecular flexibility index (Phi) is 10.1. The molecule has 0 radical (unpaired) electrons. The minimum Gasteiger partial charge on any atom is -0.494 e. The van der Waals surface area contributed by atoms with E-state index >= 15 is 0 Å². The third-order valence-corrected chi connectivity index (χ3v) is 5.75. The molecule has 2 nitrogen and oxygen atoms in total. The lowest BCUT2D eigenvalue weighted by Gasteiger charge is -2.38. The van der Waals surface area contributed by atoms with Crippen LogP contribution in [0.4, 0.5) is 4.39 Å². The van der Waals surface area contributed by atoms with E-state index in [9.17, 15) is 4.39 Å². The number of unbranched alkanes of at least 4 members (excludes halogenated alkanes) is 1. The molecular weight excluding hydrogens is 456 g/mol. The van der Waals surface area contributed by atoms with Gasteiger partial charge in [-0.2, -0.15) is 16.4 Å². The van der Waals surface area contributed by atoms with Crippen LogP contribution in [-0.4, -0.2) is 45.4 Å². The van der Waals surface area contributed by atoms with Gasteiger partial charge in [-0.15, -0.1) is 5.92 Å². The van der Waals surface area contributed by atoms with E-state index in [1.54, 1.807) is 12.1 Å². The lowest BCUT2D eigenvalue weighted by molar-refractivity contribution is -0.849. The number of quaternary nitrogens is 1. The molecule has 0 spiro atoms. The molecule has 0 bridgehead atoms. The van der Waals surface area contributed by atoms with Crippen molar-refractivity contribution in [1.82, 2.24) is 0 Å². The van der Waals surface area contributed by atoms with Crippen LogP contribution < -0.4 is 21.1 Å². The van der Waals surface area contributed by atoms with Gasteiger partial charge in [0.15, 0.2) is 0 Å². The van der Waals surface area contributed by atoms with Crippen molar-refractivity contribution in [3.05, 3.63) is 121 Å². The Morgan fingerprint density at radius 3 is 1.46 bits per heavy atom. The average Bonchev–Trinajstić information content (AvgIpc) is 2.90. The van der Waals surface area contributed by atoms with E-state index < -0.39 is 6.15 Å². The average molecular weight is 493 g/mol. The predicted octanol–water partition coefficient (Wildman–Crippen LogP) is 5.02. The number of nitrogens with zero attached hydrogens (tertiary/aromatic N) is 1. The van der Waals surface area contributed by atoms with Gasteiger partial charge in [-0.05, 0) is 30.7 Å². The Bertz CT molecular complexity index is 1160. The number of halogens is 1. The molecule has 0 heterocycles. The monoisotopic (exact) mass is 493 g/mol. The van der Waals surface area contributed by atoms with Crippen LogP contribution in [0, 0.1) is 17.6 Å². The third kappa shape index (κ3) is 8.67. The summed E-state index contributed by atoms with van der Waals surface area (Å²) < 4.78 is 19.8. The summed E-state index contributed by atoms with van der Waals surface area (Å²) in [6.07, 6.45) is 0.0912. The second-order valence-corrected chi connectivity index (χ2v) is 10.5. The minimum absolute atomic E-state index is 0.260. The van der Waals surface area contributed by atoms with Gasteiger partial charge in [-0.3, -0.25) is 5.82 Å². The van der Waals surface area contributed by atoms with Gasteiger partial charge in [0, 0.05) is 6.42 Å². The number of ether oxygens (including phenoxy) is 1. The van der Waals surface area contributed by atoms with Gasteiger partial charge in [-0.1, -0.05) is 91.0 Å². The molecule has 190 valence electrons. The highest BCUT2D eigenvalue weighted by Crippen LogP contribution is 2.12. The van der Waals surface area contributed by atoms with Crippen LogP contribution in [0.25, 0.3) is 0 Å². The molecule has 0 N–H and O–H groups in total. The van der Waals surface area contributed by atoms with Gasteiger partial charge in [0.25, 0.3) is 0 Å². The van der Waals surface area contributed by atoms with Crippen molar-refractivity contribution in [3.8, 4) is 17.5 Å². The molecule has 4 heteroatoms. The predicted molar refractivity (Wildman–Crippen MR) is 157 cm³/mol. The Balaban J connectivity index is 0.000000695. The van der Waals surface area contributed by atoms with Crippen molar-refractivity contribution in [2.45, 2.75) is 12.8 Å². The van der Waals surface area contributed by atoms with Crippen LogP contribution in [0.2, 0.25) is 0 Å². The van der Waals surface area contributed by atoms with Crippen molar-refractivity contribution in [2.75, 3.05) is 34.8 Å². The maximum atomic E-state index is 13.0. The molecule has 4 aromatic rings. The number of hydrogen-bond acceptors (Lipinski definition) is 1. The second kappa shape index (κ2) is 13.5. The molecule has 4 rings (SSSR count). The third-order valence-electron chi connectivity index (χ3n) is 5.75. The first-order chi connectivity index (χ1) is 17.8. The molecular formula is C33H37BFNO. The molecule has 0 unspecified atom stereocenters. The van der Waals surface area contributed by atoms with E-state index in [4.69, 9.17) is 4.74 Å². The Morgan fingerprint density at radius 1 is 0.649 bits per heavy atom. The molecule has 4 aromatic carbocycles. The SMILES string of the molecule is C[N+](C)(C)C.Fc1ccc(OCCCC#C[B-](c2ccccc2)(c2ccccc2)c2ccccc2)cc1. The number of hydrogen-bond donors (Lipinski definition) is 0. The van der Waals surface area contributed by atoms with Crippen LogP contribution in [0.3, 0.4) is 0 Å². The normalized spacial score (nSPS) is 10.9. The quantitative estimate of drug-likeness (QED) is 0.152. The molecule has 0 aromatic heterocycles. The summed E-state index contributed by atoms with van der Waals surface area (Å²) in [6.45, 7) is 0.544. The van der Waals surface area contributed by atoms with Crippen LogP contribution in [-0.2, 0) is 0 Å². The zero-order valence-electron chi connectivity index (χ0n) is 22.4. The highest BCUT2D eigenvalue weighted by molar-refractivity contribution is 7.16. The molecule has 0 saturated heterocycles. The summed E-state index contributed by atoms with van der Waals surface area (Å²) in [7, 11) is 8.50. The van der Waals surface area contributed by atoms with Crippen LogP contribution in [0.15, 0.2) is 115 Å². The summed E-state index contributed by atoms with van der Waals surface area (Å²) >= 11 is 0. The lowest BCUT2D eigenvalue weighted by atomic mass is 9.16. The molecule has 0 aliphatic heterocycles. The highest BCUT2D eigenvalue weighted by atomic mass is 19.1. The van der Waals surface area contributed by atoms with E-state index in [1.807, 2.05) is 18.2 Å². The largest absolute Gasteiger partial charge is 0.494 e. The fraction of sp³-hybridized carbons (Fsp3) is 0.212. The smallest absolute Gasteiger partial charge is 0.149 e. The molecule has 37 heavy (non-hydrogen) atoms. The maximum Gasteiger partial charge on any atom is 0.149 e. The number of rotatable bonds is 7. The molecule has 0 saturated carbocycles. The maximum absolute atomic E-state index is 13.0. The lowest BCUT2D eigenvalue weighted by Crippen LogP contribution is -2.66. The van der Waals surface area contributed by atoms with Crippen molar-refractivity contribution in [3.63, 3.8) is 0 Å². The highest BCUT2D eigenvalue weighted by Gasteiger charge is 2.27. The Hall–Kier alpha value is -3.81. The van der Waals surface area contributed by atoms with E-state index in [2.05, 4.69) is 113 Å². The standard InChI is InChI=1S/C29H25BFO.C4H12N/c31-28-19-21-29(22-20-28)32-24-12-4-11-23-30(25-13-5-1-6-14-25,26-15-7-2-8-16-26)27-17-9-3-10-18-27;1-5(2,3)4/h1-3,5-10,13-22H,4,12,24H2;1-4H3/q-1;+1. The Morgan fingerprint density at radius 2 is 1.05 bits per heavy atom. The van der Waals surface area contributed by atoms with E-state index in [0.29, 0.717) is 12.4 Å². The topological polar surface area (TPSA) is 9.23 Å². The zero-order valence-corrected chi connectivity index (χ0v) is 22.4. The summed E-state index contributed by atoms with van der Waals surface area (Å²) in [5.74, 6) is 7.57. The first-order valence-electron chi connectivity index (χ1n) is 12.8. The minimum atomic E-state index is -1.43. The van der Waals surface area contributed by atoms with Gasteiger partial charge in [0.05, 0.1) is 34.8 Å². The van der Waals surface area contributed by atoms with Gasteiger partial charge < -0.3 is 9.22 Å². The molecule has 0 atom stereocenters. The first kappa shape index (κ1) is 27.8. The van der Waals surface area contributed by atoms with Crippen molar-refractivity contribution < 1.29 is 13.6 Å². The van der Waals surface area contributed by atoms with Crippen molar-refractivity contribution in [1.29, 1.82) is 0 Å². The summed E-state index contributed by atoms with van der Waals surface area (Å²) in [5.41, 5.74) is 3.62. The molecule has 0 amide bonds. The summed E-state index contributed by atoms with van der Waals surface area (Å²) in [5, 5.41) is 0. The molecule has 0 fully saturated rings. The van der Waals surface area contributed by atoms with E-state index in [0.717, 1.165) is 17.3 Å².